The zero-order chi connectivity index (χ0) is 23.6. The van der Waals surface area contributed by atoms with Crippen molar-refractivity contribution in [3.05, 3.63) is 59.7 Å². The molecule has 1 unspecified atom stereocenters. The van der Waals surface area contributed by atoms with Gasteiger partial charge in [0, 0.05) is 31.8 Å². The smallest absolute Gasteiger partial charge is 0.408 e. The van der Waals surface area contributed by atoms with Crippen molar-refractivity contribution in [1.82, 2.24) is 16.0 Å². The lowest BCUT2D eigenvalue weighted by atomic mass is 10.1. The predicted octanol–water partition coefficient (Wildman–Crippen LogP) is 3.63. The molecule has 0 aliphatic carbocycles. The third-order valence-electron chi connectivity index (χ3n) is 4.53. The lowest BCUT2D eigenvalue weighted by Gasteiger charge is -2.25. The Hall–Kier alpha value is -3.42. The highest BCUT2D eigenvalue weighted by Crippen LogP contribution is 2.24. The van der Waals surface area contributed by atoms with Crippen LogP contribution in [0.5, 0.6) is 11.5 Å². The minimum absolute atomic E-state index is 0.305. The first kappa shape index (κ1) is 24.8. The summed E-state index contributed by atoms with van der Waals surface area (Å²) in [6.45, 7) is 6.43. The van der Waals surface area contributed by atoms with Gasteiger partial charge in [-0.15, -0.1) is 0 Å². The highest BCUT2D eigenvalue weighted by molar-refractivity contribution is 5.80. The Morgan fingerprint density at radius 3 is 2.34 bits per heavy atom. The average Bonchev–Trinajstić information content (AvgIpc) is 2.77. The van der Waals surface area contributed by atoms with Gasteiger partial charge in [-0.3, -0.25) is 4.99 Å². The van der Waals surface area contributed by atoms with Gasteiger partial charge in [-0.1, -0.05) is 30.3 Å². The third kappa shape index (κ3) is 8.02. The molecule has 0 aliphatic heterocycles. The van der Waals surface area contributed by atoms with Crippen molar-refractivity contribution in [2.45, 2.75) is 39.0 Å². The number of ether oxygens (including phenoxy) is 3. The quantitative estimate of drug-likeness (QED) is 0.427. The Kier molecular flexibility index (Phi) is 9.19. The molecule has 2 aromatic carbocycles. The molecule has 0 bridgehead atoms. The molecular formula is C24H34N4O4. The molecule has 3 N–H and O–H groups in total. The van der Waals surface area contributed by atoms with Gasteiger partial charge in [0.2, 0.25) is 0 Å². The maximum atomic E-state index is 12.4. The van der Waals surface area contributed by atoms with Crippen LogP contribution in [0.1, 0.15) is 37.9 Å². The second kappa shape index (κ2) is 11.8. The van der Waals surface area contributed by atoms with Crippen LogP contribution in [0.15, 0.2) is 53.5 Å². The number of amides is 1. The molecule has 8 heteroatoms. The number of rotatable bonds is 8. The average molecular weight is 443 g/mol. The fraction of sp³-hybridized carbons (Fsp3) is 0.417. The number of carbonyl (C=O) groups is 1. The van der Waals surface area contributed by atoms with E-state index in [1.54, 1.807) is 21.3 Å². The molecular weight excluding hydrogens is 408 g/mol. The van der Waals surface area contributed by atoms with Gasteiger partial charge < -0.3 is 30.2 Å². The Morgan fingerprint density at radius 1 is 1.03 bits per heavy atom. The minimum Gasteiger partial charge on any atom is -0.497 e. The van der Waals surface area contributed by atoms with Crippen molar-refractivity contribution in [3.8, 4) is 11.5 Å². The number of hydrogen-bond donors (Lipinski definition) is 3. The molecule has 1 amide bonds. The molecule has 0 aromatic heterocycles. The first-order valence-corrected chi connectivity index (χ1v) is 10.5. The van der Waals surface area contributed by atoms with Gasteiger partial charge in [0.25, 0.3) is 0 Å². The van der Waals surface area contributed by atoms with Crippen molar-refractivity contribution in [1.29, 1.82) is 0 Å². The Labute approximate surface area is 190 Å². The van der Waals surface area contributed by atoms with Crippen LogP contribution in [0.2, 0.25) is 0 Å². The Balaban J connectivity index is 2.03. The number of methoxy groups -OCH3 is 2. The van der Waals surface area contributed by atoms with Crippen molar-refractivity contribution in [2.24, 2.45) is 4.99 Å². The number of nitrogens with zero attached hydrogens (tertiary/aromatic N) is 1. The van der Waals surface area contributed by atoms with Crippen LogP contribution in [0, 0.1) is 0 Å². The zero-order valence-corrected chi connectivity index (χ0v) is 19.7. The summed E-state index contributed by atoms with van der Waals surface area (Å²) in [5, 5.41) is 9.47. The van der Waals surface area contributed by atoms with E-state index in [4.69, 9.17) is 14.2 Å². The predicted molar refractivity (Wildman–Crippen MR) is 126 cm³/mol. The number of guanidine groups is 1. The van der Waals surface area contributed by atoms with E-state index >= 15 is 0 Å². The van der Waals surface area contributed by atoms with Crippen molar-refractivity contribution >= 4 is 12.1 Å². The third-order valence-corrected chi connectivity index (χ3v) is 4.53. The number of nitrogens with one attached hydrogen (secondary N) is 3. The first-order valence-electron chi connectivity index (χ1n) is 10.5. The molecule has 0 aliphatic rings. The summed E-state index contributed by atoms with van der Waals surface area (Å²) in [6, 6.07) is 15.1. The Bertz CT molecular complexity index is 895. The van der Waals surface area contributed by atoms with E-state index in [2.05, 4.69) is 20.9 Å². The van der Waals surface area contributed by atoms with E-state index in [9.17, 15) is 4.79 Å². The van der Waals surface area contributed by atoms with Gasteiger partial charge in [-0.05, 0) is 38.5 Å². The van der Waals surface area contributed by atoms with Crippen molar-refractivity contribution in [3.63, 3.8) is 0 Å². The van der Waals surface area contributed by atoms with Crippen LogP contribution in [-0.2, 0) is 11.3 Å². The number of carbonyl (C=O) groups excluding carboxylic acids is 1. The van der Waals surface area contributed by atoms with Crippen LogP contribution in [0.25, 0.3) is 0 Å². The molecule has 0 radical (unpaired) electrons. The summed E-state index contributed by atoms with van der Waals surface area (Å²) >= 11 is 0. The molecule has 32 heavy (non-hydrogen) atoms. The molecule has 2 aromatic rings. The van der Waals surface area contributed by atoms with E-state index in [1.165, 1.54) is 0 Å². The molecule has 0 heterocycles. The molecule has 0 fully saturated rings. The lowest BCUT2D eigenvalue weighted by Crippen LogP contribution is -2.44. The largest absolute Gasteiger partial charge is 0.497 e. The van der Waals surface area contributed by atoms with Gasteiger partial charge in [0.15, 0.2) is 5.96 Å². The highest BCUT2D eigenvalue weighted by Gasteiger charge is 2.21. The second-order valence-electron chi connectivity index (χ2n) is 8.09. The summed E-state index contributed by atoms with van der Waals surface area (Å²) < 4.78 is 16.1. The normalized spacial score (nSPS) is 12.5. The fourth-order valence-electron chi connectivity index (χ4n) is 2.98. The van der Waals surface area contributed by atoms with Gasteiger partial charge in [0.05, 0.1) is 20.3 Å². The van der Waals surface area contributed by atoms with E-state index < -0.39 is 11.7 Å². The molecule has 1 atom stereocenters. The second-order valence-corrected chi connectivity index (χ2v) is 8.09. The summed E-state index contributed by atoms with van der Waals surface area (Å²) in [5.41, 5.74) is 1.34. The van der Waals surface area contributed by atoms with Crippen LogP contribution in [-0.4, -0.2) is 45.5 Å². The topological polar surface area (TPSA) is 93.2 Å². The molecule has 174 valence electrons. The van der Waals surface area contributed by atoms with Crippen molar-refractivity contribution in [2.75, 3.05) is 27.8 Å². The van der Waals surface area contributed by atoms with E-state index in [0.29, 0.717) is 19.0 Å². The molecule has 0 saturated heterocycles. The van der Waals surface area contributed by atoms with Crippen LogP contribution in [0.4, 0.5) is 4.79 Å². The van der Waals surface area contributed by atoms with Gasteiger partial charge in [-0.2, -0.15) is 0 Å². The fourth-order valence-corrected chi connectivity index (χ4v) is 2.98. The maximum absolute atomic E-state index is 12.4. The number of alkyl carbamates (subject to hydrolysis) is 1. The summed E-state index contributed by atoms with van der Waals surface area (Å²) in [6.07, 6.45) is -0.473. The van der Waals surface area contributed by atoms with Gasteiger partial charge in [0.1, 0.15) is 17.1 Å². The van der Waals surface area contributed by atoms with Crippen LogP contribution >= 0.6 is 0 Å². The summed E-state index contributed by atoms with van der Waals surface area (Å²) in [7, 11) is 4.93. The number of benzene rings is 2. The van der Waals surface area contributed by atoms with Crippen LogP contribution < -0.4 is 25.4 Å². The standard InChI is InChI=1S/C24H34N4O4/c1-24(2,3)32-23(29)28-20(17-10-8-7-9-11-17)16-27-22(25-4)26-15-18-12-13-19(30-5)14-21(18)31-6/h7-14,20H,15-16H2,1-6H3,(H,28,29)(H2,25,26,27). The van der Waals surface area contributed by atoms with E-state index in [-0.39, 0.29) is 6.04 Å². The Morgan fingerprint density at radius 2 is 1.75 bits per heavy atom. The summed E-state index contributed by atoms with van der Waals surface area (Å²) in [4.78, 5) is 16.6. The summed E-state index contributed by atoms with van der Waals surface area (Å²) in [5.74, 6) is 2.04. The SMILES string of the molecule is CN=C(NCc1ccc(OC)cc1OC)NCC(NC(=O)OC(C)(C)C)c1ccccc1. The monoisotopic (exact) mass is 442 g/mol. The maximum Gasteiger partial charge on any atom is 0.408 e. The highest BCUT2D eigenvalue weighted by atomic mass is 16.6. The van der Waals surface area contributed by atoms with E-state index in [1.807, 2.05) is 69.3 Å². The van der Waals surface area contributed by atoms with Gasteiger partial charge in [-0.25, -0.2) is 4.79 Å². The molecule has 0 spiro atoms. The molecule has 0 saturated carbocycles. The minimum atomic E-state index is -0.576. The zero-order valence-electron chi connectivity index (χ0n) is 19.7. The number of aliphatic imine (C=N–C) groups is 1. The van der Waals surface area contributed by atoms with E-state index in [0.717, 1.165) is 22.6 Å². The molecule has 2 rings (SSSR count). The van der Waals surface area contributed by atoms with Gasteiger partial charge >= 0.3 is 6.09 Å². The van der Waals surface area contributed by atoms with Crippen LogP contribution in [0.3, 0.4) is 0 Å². The lowest BCUT2D eigenvalue weighted by molar-refractivity contribution is 0.0504. The molecule has 8 nitrogen and oxygen atoms in total. The number of hydrogen-bond acceptors (Lipinski definition) is 5. The first-order chi connectivity index (χ1) is 15.3. The van der Waals surface area contributed by atoms with Crippen molar-refractivity contribution < 1.29 is 19.0 Å².